The van der Waals surface area contributed by atoms with E-state index in [2.05, 4.69) is 44.5 Å². The highest BCUT2D eigenvalue weighted by Gasteiger charge is 2.41. The van der Waals surface area contributed by atoms with Crippen molar-refractivity contribution in [3.63, 3.8) is 0 Å². The third kappa shape index (κ3) is 3.38. The van der Waals surface area contributed by atoms with Crippen molar-refractivity contribution in [2.45, 2.75) is 44.9 Å². The molecule has 0 bridgehead atoms. The Morgan fingerprint density at radius 3 is 2.50 bits per heavy atom. The van der Waals surface area contributed by atoms with Crippen LogP contribution in [0.2, 0.25) is 0 Å². The molecular weight excluding hydrogens is 266 g/mol. The summed E-state index contributed by atoms with van der Waals surface area (Å²) < 4.78 is 0. The number of carbonyl (C=O) groups is 1. The minimum atomic E-state index is 0.0982. The third-order valence-electron chi connectivity index (χ3n) is 4.53. The summed E-state index contributed by atoms with van der Waals surface area (Å²) in [6.45, 7) is 6.66. The molecule has 0 saturated heterocycles. The first kappa shape index (κ1) is 15.4. The fraction of sp³-hybridized carbons (Fsp3) is 0.588. The molecule has 2 rings (SSSR count). The second-order valence-electron chi connectivity index (χ2n) is 6.55. The number of amides is 1. The molecule has 110 valence electrons. The lowest BCUT2D eigenvalue weighted by atomic mass is 9.64. The zero-order valence-electron chi connectivity index (χ0n) is 12.9. The number of anilines is 1. The van der Waals surface area contributed by atoms with Crippen LogP contribution in [0.1, 0.15) is 40.0 Å². The van der Waals surface area contributed by atoms with Crippen molar-refractivity contribution in [1.29, 1.82) is 0 Å². The van der Waals surface area contributed by atoms with Gasteiger partial charge in [0.1, 0.15) is 0 Å². The number of rotatable bonds is 3. The van der Waals surface area contributed by atoms with E-state index in [-0.39, 0.29) is 17.2 Å². The Labute approximate surface area is 126 Å². The lowest BCUT2D eigenvalue weighted by Crippen LogP contribution is -2.42. The summed E-state index contributed by atoms with van der Waals surface area (Å²) in [6.07, 6.45) is 5.59. The van der Waals surface area contributed by atoms with Crippen molar-refractivity contribution < 1.29 is 4.79 Å². The Morgan fingerprint density at radius 1 is 1.30 bits per heavy atom. The van der Waals surface area contributed by atoms with Gasteiger partial charge in [-0.3, -0.25) is 4.79 Å². The van der Waals surface area contributed by atoms with Gasteiger partial charge in [-0.25, -0.2) is 0 Å². The highest BCUT2D eigenvalue weighted by atomic mass is 32.2. The largest absolute Gasteiger partial charge is 0.326 e. The number of hydrogen-bond acceptors (Lipinski definition) is 2. The van der Waals surface area contributed by atoms with Gasteiger partial charge in [0.2, 0.25) is 5.91 Å². The minimum absolute atomic E-state index is 0.0982. The molecule has 1 aromatic carbocycles. The van der Waals surface area contributed by atoms with Crippen LogP contribution in [0, 0.1) is 17.3 Å². The van der Waals surface area contributed by atoms with Crippen LogP contribution < -0.4 is 5.32 Å². The Kier molecular flexibility index (Phi) is 4.79. The summed E-state index contributed by atoms with van der Waals surface area (Å²) in [4.78, 5) is 13.8. The van der Waals surface area contributed by atoms with E-state index in [9.17, 15) is 4.79 Å². The maximum absolute atomic E-state index is 12.6. The third-order valence-corrected chi connectivity index (χ3v) is 5.28. The van der Waals surface area contributed by atoms with Crippen molar-refractivity contribution in [2.75, 3.05) is 11.6 Å². The van der Waals surface area contributed by atoms with Gasteiger partial charge in [-0.1, -0.05) is 27.2 Å². The van der Waals surface area contributed by atoms with Crippen LogP contribution in [0.4, 0.5) is 5.69 Å². The monoisotopic (exact) mass is 291 g/mol. The van der Waals surface area contributed by atoms with Crippen molar-refractivity contribution in [1.82, 2.24) is 0 Å². The van der Waals surface area contributed by atoms with E-state index in [4.69, 9.17) is 0 Å². The van der Waals surface area contributed by atoms with E-state index >= 15 is 0 Å². The lowest BCUT2D eigenvalue weighted by molar-refractivity contribution is -0.127. The van der Waals surface area contributed by atoms with Crippen molar-refractivity contribution in [2.24, 2.45) is 17.3 Å². The predicted octanol–water partition coefficient (Wildman–Crippen LogP) is 4.81. The number of benzene rings is 1. The van der Waals surface area contributed by atoms with Crippen LogP contribution >= 0.6 is 11.8 Å². The quantitative estimate of drug-likeness (QED) is 0.810. The van der Waals surface area contributed by atoms with Gasteiger partial charge in [-0.2, -0.15) is 0 Å². The van der Waals surface area contributed by atoms with E-state index < -0.39 is 0 Å². The average Bonchev–Trinajstić information content (AvgIpc) is 2.38. The molecule has 1 unspecified atom stereocenters. The molecule has 3 heteroatoms. The number of thioether (sulfide) groups is 1. The molecule has 1 N–H and O–H groups in total. The summed E-state index contributed by atoms with van der Waals surface area (Å²) in [6, 6.07) is 8.08. The molecule has 0 aliphatic heterocycles. The van der Waals surface area contributed by atoms with Crippen molar-refractivity contribution in [3.8, 4) is 0 Å². The maximum atomic E-state index is 12.6. The zero-order valence-corrected chi connectivity index (χ0v) is 13.7. The normalized spacial score (nSPS) is 25.2. The van der Waals surface area contributed by atoms with Crippen LogP contribution in [0.15, 0.2) is 29.2 Å². The number of hydrogen-bond donors (Lipinski definition) is 1. The van der Waals surface area contributed by atoms with Gasteiger partial charge in [0.05, 0.1) is 0 Å². The van der Waals surface area contributed by atoms with Gasteiger partial charge >= 0.3 is 0 Å². The standard InChI is InChI=1S/C17H25NOS/c1-12-6-5-11-17(2,3)15(12)16(19)18-13-7-9-14(20-4)10-8-13/h7-10,12,15H,5-6,11H2,1-4H3,(H,18,19)/t12-,15?/m0/s1. The molecule has 1 aromatic rings. The van der Waals surface area contributed by atoms with Gasteiger partial charge < -0.3 is 5.32 Å². The van der Waals surface area contributed by atoms with Crippen LogP contribution in [0.5, 0.6) is 0 Å². The molecular formula is C17H25NOS. The Morgan fingerprint density at radius 2 is 1.95 bits per heavy atom. The molecule has 2 nitrogen and oxygen atoms in total. The van der Waals surface area contributed by atoms with E-state index in [1.54, 1.807) is 11.8 Å². The Balaban J connectivity index is 2.09. The molecule has 1 aliphatic carbocycles. The lowest BCUT2D eigenvalue weighted by Gasteiger charge is -2.41. The minimum Gasteiger partial charge on any atom is -0.326 e. The maximum Gasteiger partial charge on any atom is 0.228 e. The van der Waals surface area contributed by atoms with Gasteiger partial charge in [0.25, 0.3) is 0 Å². The molecule has 1 amide bonds. The molecule has 2 atom stereocenters. The van der Waals surface area contributed by atoms with Crippen LogP contribution in [-0.2, 0) is 4.79 Å². The predicted molar refractivity (Wildman–Crippen MR) is 87.1 cm³/mol. The summed E-state index contributed by atoms with van der Waals surface area (Å²) in [5.41, 5.74) is 1.00. The van der Waals surface area contributed by atoms with Gasteiger partial charge in [0.15, 0.2) is 0 Å². The van der Waals surface area contributed by atoms with Gasteiger partial charge in [-0.15, -0.1) is 11.8 Å². The first-order chi connectivity index (χ1) is 9.44. The first-order valence-corrected chi connectivity index (χ1v) is 8.61. The molecule has 0 spiro atoms. The van der Waals surface area contributed by atoms with Crippen LogP contribution in [0.25, 0.3) is 0 Å². The molecule has 0 heterocycles. The summed E-state index contributed by atoms with van der Waals surface area (Å²) in [5.74, 6) is 0.750. The van der Waals surface area contributed by atoms with E-state index in [1.807, 2.05) is 12.1 Å². The molecule has 0 radical (unpaired) electrons. The fourth-order valence-corrected chi connectivity index (χ4v) is 3.89. The highest BCUT2D eigenvalue weighted by Crippen LogP contribution is 2.44. The first-order valence-electron chi connectivity index (χ1n) is 7.39. The van der Waals surface area contributed by atoms with Gasteiger partial charge in [-0.05, 0) is 54.7 Å². The Hall–Kier alpha value is -0.960. The van der Waals surface area contributed by atoms with E-state index in [0.29, 0.717) is 5.92 Å². The summed E-state index contributed by atoms with van der Waals surface area (Å²) in [5, 5.41) is 3.10. The Bertz CT molecular complexity index is 466. The zero-order chi connectivity index (χ0) is 14.8. The van der Waals surface area contributed by atoms with Crippen LogP contribution in [0.3, 0.4) is 0 Å². The fourth-order valence-electron chi connectivity index (χ4n) is 3.48. The average molecular weight is 291 g/mol. The van der Waals surface area contributed by atoms with E-state index in [0.717, 1.165) is 18.5 Å². The number of nitrogens with one attached hydrogen (secondary N) is 1. The number of carbonyl (C=O) groups excluding carboxylic acids is 1. The summed E-state index contributed by atoms with van der Waals surface area (Å²) in [7, 11) is 0. The van der Waals surface area contributed by atoms with Crippen LogP contribution in [-0.4, -0.2) is 12.2 Å². The topological polar surface area (TPSA) is 29.1 Å². The van der Waals surface area contributed by atoms with Crippen molar-refractivity contribution in [3.05, 3.63) is 24.3 Å². The second kappa shape index (κ2) is 6.21. The van der Waals surface area contributed by atoms with Crippen molar-refractivity contribution >= 4 is 23.4 Å². The highest BCUT2D eigenvalue weighted by molar-refractivity contribution is 7.98. The second-order valence-corrected chi connectivity index (χ2v) is 7.43. The molecule has 1 aliphatic rings. The molecule has 20 heavy (non-hydrogen) atoms. The smallest absolute Gasteiger partial charge is 0.228 e. The SMILES string of the molecule is CSc1ccc(NC(=O)C2[C@@H](C)CCCC2(C)C)cc1. The molecule has 1 saturated carbocycles. The van der Waals surface area contributed by atoms with Gasteiger partial charge in [0, 0.05) is 16.5 Å². The molecule has 1 fully saturated rings. The molecule has 0 aromatic heterocycles. The summed E-state index contributed by atoms with van der Waals surface area (Å²) >= 11 is 1.71. The van der Waals surface area contributed by atoms with E-state index in [1.165, 1.54) is 11.3 Å².